The first-order chi connectivity index (χ1) is 9.81. The second kappa shape index (κ2) is 5.28. The Hall–Kier alpha value is -2.44. The molecular formula is C17H11NOS. The lowest BCUT2D eigenvalue weighted by molar-refractivity contribution is 0.0981. The highest BCUT2D eigenvalue weighted by Crippen LogP contribution is 2.28. The van der Waals surface area contributed by atoms with Crippen LogP contribution >= 0.6 is 11.3 Å². The molecule has 0 fully saturated rings. The first-order valence-electron chi connectivity index (χ1n) is 6.26. The van der Waals surface area contributed by atoms with Gasteiger partial charge in [0.25, 0.3) is 0 Å². The lowest BCUT2D eigenvalue weighted by Crippen LogP contribution is -2.10. The number of Topliss-reactive ketones (excluding diaryl/α,β-unsaturated/α-hetero) is 1. The number of rotatable bonds is 3. The van der Waals surface area contributed by atoms with Gasteiger partial charge in [0.1, 0.15) is 5.92 Å². The second-order valence-corrected chi connectivity index (χ2v) is 5.45. The number of ketones is 1. The standard InChI is InChI=1S/C17H11NOS/c18-11-15(16-9-4-10-20-16)17(19)14-8-3-6-12-5-1-2-7-13(12)14/h1-10,15H. The van der Waals surface area contributed by atoms with Gasteiger partial charge >= 0.3 is 0 Å². The van der Waals surface area contributed by atoms with Crippen molar-refractivity contribution in [2.75, 3.05) is 0 Å². The molecule has 0 radical (unpaired) electrons. The molecule has 2 aromatic carbocycles. The van der Waals surface area contributed by atoms with E-state index >= 15 is 0 Å². The molecule has 2 nitrogen and oxygen atoms in total. The van der Waals surface area contributed by atoms with Crippen LogP contribution in [-0.2, 0) is 0 Å². The van der Waals surface area contributed by atoms with Crippen LogP contribution in [-0.4, -0.2) is 5.78 Å². The zero-order valence-electron chi connectivity index (χ0n) is 10.6. The molecule has 96 valence electrons. The van der Waals surface area contributed by atoms with Crippen LogP contribution in [0.2, 0.25) is 0 Å². The third-order valence-corrected chi connectivity index (χ3v) is 4.21. The van der Waals surface area contributed by atoms with E-state index in [1.54, 1.807) is 6.07 Å². The molecule has 3 heteroatoms. The topological polar surface area (TPSA) is 40.9 Å². The molecule has 1 atom stereocenters. The molecule has 0 aliphatic heterocycles. The number of carbonyl (C=O) groups is 1. The number of carbonyl (C=O) groups excluding carboxylic acids is 1. The van der Waals surface area contributed by atoms with Gasteiger partial charge in [-0.2, -0.15) is 5.26 Å². The average molecular weight is 277 g/mol. The summed E-state index contributed by atoms with van der Waals surface area (Å²) >= 11 is 1.44. The Morgan fingerprint density at radius 2 is 1.85 bits per heavy atom. The monoisotopic (exact) mass is 277 g/mol. The summed E-state index contributed by atoms with van der Waals surface area (Å²) in [4.78, 5) is 13.5. The van der Waals surface area contributed by atoms with Crippen LogP contribution in [0.15, 0.2) is 60.0 Å². The van der Waals surface area contributed by atoms with Gasteiger partial charge < -0.3 is 0 Å². The Bertz CT molecular complexity index is 794. The summed E-state index contributed by atoms with van der Waals surface area (Å²) in [6.07, 6.45) is 0. The first-order valence-corrected chi connectivity index (χ1v) is 7.14. The SMILES string of the molecule is N#CC(C(=O)c1cccc2ccccc12)c1cccs1. The maximum atomic E-state index is 12.7. The summed E-state index contributed by atoms with van der Waals surface area (Å²) < 4.78 is 0. The predicted octanol–water partition coefficient (Wildman–Crippen LogP) is 4.39. The number of nitrogens with zero attached hydrogens (tertiary/aromatic N) is 1. The molecule has 0 saturated carbocycles. The van der Waals surface area contributed by atoms with Crippen LogP contribution in [0.5, 0.6) is 0 Å². The molecule has 0 saturated heterocycles. The van der Waals surface area contributed by atoms with Gasteiger partial charge in [-0.05, 0) is 22.2 Å². The van der Waals surface area contributed by atoms with Gasteiger partial charge in [0.2, 0.25) is 0 Å². The van der Waals surface area contributed by atoms with E-state index in [2.05, 4.69) is 6.07 Å². The lowest BCUT2D eigenvalue weighted by Gasteiger charge is -2.09. The van der Waals surface area contributed by atoms with Crippen molar-refractivity contribution in [3.8, 4) is 6.07 Å². The molecular weight excluding hydrogens is 266 g/mol. The van der Waals surface area contributed by atoms with Gasteiger partial charge in [0.15, 0.2) is 5.78 Å². The van der Waals surface area contributed by atoms with Crippen molar-refractivity contribution in [1.29, 1.82) is 5.26 Å². The summed E-state index contributed by atoms with van der Waals surface area (Å²) in [7, 11) is 0. The smallest absolute Gasteiger partial charge is 0.185 e. The largest absolute Gasteiger partial charge is 0.292 e. The summed E-state index contributed by atoms with van der Waals surface area (Å²) in [5.74, 6) is -0.854. The molecule has 20 heavy (non-hydrogen) atoms. The third kappa shape index (κ3) is 2.11. The number of hydrogen-bond acceptors (Lipinski definition) is 3. The molecule has 1 heterocycles. The Labute approximate surface area is 120 Å². The van der Waals surface area contributed by atoms with Crippen molar-refractivity contribution < 1.29 is 4.79 Å². The maximum absolute atomic E-state index is 12.7. The summed E-state index contributed by atoms with van der Waals surface area (Å²) in [5.41, 5.74) is 0.614. The summed E-state index contributed by atoms with van der Waals surface area (Å²) in [5, 5.41) is 13.1. The van der Waals surface area contributed by atoms with Crippen molar-refractivity contribution in [2.45, 2.75) is 5.92 Å². The van der Waals surface area contributed by atoms with Crippen LogP contribution < -0.4 is 0 Å². The minimum atomic E-state index is -0.721. The van der Waals surface area contributed by atoms with Gasteiger partial charge in [0.05, 0.1) is 6.07 Å². The average Bonchev–Trinajstić information content (AvgIpc) is 3.01. The second-order valence-electron chi connectivity index (χ2n) is 4.47. The van der Waals surface area contributed by atoms with Crippen LogP contribution in [0.25, 0.3) is 10.8 Å². The normalized spacial score (nSPS) is 11.9. The molecule has 0 aliphatic rings. The van der Waals surface area contributed by atoms with E-state index < -0.39 is 5.92 Å². The number of benzene rings is 2. The van der Waals surface area contributed by atoms with Gasteiger partial charge in [-0.15, -0.1) is 11.3 Å². The van der Waals surface area contributed by atoms with Crippen molar-refractivity contribution in [3.05, 3.63) is 70.4 Å². The fraction of sp³-hybridized carbons (Fsp3) is 0.0588. The number of hydrogen-bond donors (Lipinski definition) is 0. The third-order valence-electron chi connectivity index (χ3n) is 3.27. The van der Waals surface area contributed by atoms with Crippen LogP contribution in [0.4, 0.5) is 0 Å². The van der Waals surface area contributed by atoms with Crippen LogP contribution in [0.1, 0.15) is 21.2 Å². The quantitative estimate of drug-likeness (QED) is 0.666. The summed E-state index contributed by atoms with van der Waals surface area (Å²) in [6, 6.07) is 19.2. The number of nitriles is 1. The highest BCUT2D eigenvalue weighted by atomic mass is 32.1. The molecule has 0 bridgehead atoms. The fourth-order valence-electron chi connectivity index (χ4n) is 2.30. The molecule has 0 spiro atoms. The highest BCUT2D eigenvalue weighted by molar-refractivity contribution is 7.10. The summed E-state index contributed by atoms with van der Waals surface area (Å²) in [6.45, 7) is 0. The van der Waals surface area contributed by atoms with Crippen LogP contribution in [0, 0.1) is 11.3 Å². The van der Waals surface area contributed by atoms with E-state index in [0.717, 1.165) is 15.6 Å². The predicted molar refractivity (Wildman–Crippen MR) is 81.0 cm³/mol. The van der Waals surface area contributed by atoms with Gasteiger partial charge in [-0.1, -0.05) is 48.5 Å². The van der Waals surface area contributed by atoms with E-state index in [-0.39, 0.29) is 5.78 Å². The van der Waals surface area contributed by atoms with Gasteiger partial charge in [-0.25, -0.2) is 0 Å². The lowest BCUT2D eigenvalue weighted by atomic mass is 9.93. The Morgan fingerprint density at radius 3 is 2.60 bits per heavy atom. The van der Waals surface area contributed by atoms with E-state index in [4.69, 9.17) is 0 Å². The zero-order valence-corrected chi connectivity index (χ0v) is 11.4. The molecule has 0 amide bonds. The molecule has 0 N–H and O–H groups in total. The minimum Gasteiger partial charge on any atom is -0.292 e. The van der Waals surface area contributed by atoms with E-state index in [1.807, 2.05) is 53.9 Å². The van der Waals surface area contributed by atoms with Gasteiger partial charge in [0, 0.05) is 10.4 Å². The molecule has 0 aliphatic carbocycles. The first kappa shape index (κ1) is 12.6. The minimum absolute atomic E-state index is 0.133. The number of fused-ring (bicyclic) bond motifs is 1. The van der Waals surface area contributed by atoms with E-state index in [0.29, 0.717) is 5.56 Å². The van der Waals surface area contributed by atoms with Crippen LogP contribution in [0.3, 0.4) is 0 Å². The molecule has 3 rings (SSSR count). The highest BCUT2D eigenvalue weighted by Gasteiger charge is 2.23. The molecule has 1 unspecified atom stereocenters. The Morgan fingerprint density at radius 1 is 1.05 bits per heavy atom. The van der Waals surface area contributed by atoms with Gasteiger partial charge in [-0.3, -0.25) is 4.79 Å². The fourth-order valence-corrected chi connectivity index (χ4v) is 3.07. The number of thiophene rings is 1. The zero-order chi connectivity index (χ0) is 13.9. The van der Waals surface area contributed by atoms with E-state index in [9.17, 15) is 10.1 Å². The van der Waals surface area contributed by atoms with Crippen molar-refractivity contribution in [1.82, 2.24) is 0 Å². The Kier molecular flexibility index (Phi) is 3.32. The Balaban J connectivity index is 2.11. The molecule has 1 aromatic heterocycles. The van der Waals surface area contributed by atoms with E-state index in [1.165, 1.54) is 11.3 Å². The van der Waals surface area contributed by atoms with Crippen molar-refractivity contribution in [3.63, 3.8) is 0 Å². The van der Waals surface area contributed by atoms with Crippen molar-refractivity contribution >= 4 is 27.9 Å². The molecule has 3 aromatic rings. The maximum Gasteiger partial charge on any atom is 0.185 e. The van der Waals surface area contributed by atoms with Crippen molar-refractivity contribution in [2.24, 2.45) is 0 Å².